The summed E-state index contributed by atoms with van der Waals surface area (Å²) in [5.41, 5.74) is 0.102. The predicted octanol–water partition coefficient (Wildman–Crippen LogP) is 5.74. The van der Waals surface area contributed by atoms with E-state index in [1.165, 1.54) is 16.8 Å². The third-order valence-corrected chi connectivity index (χ3v) is 8.39. The highest BCUT2D eigenvalue weighted by molar-refractivity contribution is 7.48. The van der Waals surface area contributed by atoms with Gasteiger partial charge in [0.1, 0.15) is 24.8 Å². The maximum atomic E-state index is 13.2. The molecule has 0 aliphatic carbocycles. The van der Waals surface area contributed by atoms with E-state index >= 15 is 0 Å². The molecule has 0 radical (unpaired) electrons. The molecule has 0 saturated carbocycles. The highest BCUT2D eigenvalue weighted by Gasteiger charge is 2.39. The monoisotopic (exact) mass is 657 g/mol. The van der Waals surface area contributed by atoms with Gasteiger partial charge in [-0.05, 0) is 43.2 Å². The smallest absolute Gasteiger partial charge is 0.459 e. The minimum Gasteiger partial charge on any atom is -0.459 e. The van der Waals surface area contributed by atoms with Crippen molar-refractivity contribution in [1.29, 1.82) is 0 Å². The number of ether oxygens (including phenoxy) is 3. The van der Waals surface area contributed by atoms with Gasteiger partial charge in [-0.2, -0.15) is 4.98 Å². The van der Waals surface area contributed by atoms with Crippen LogP contribution in [0, 0.1) is 0 Å². The second kappa shape index (κ2) is 17.8. The molecule has 14 heteroatoms. The lowest BCUT2D eigenvalue weighted by Crippen LogP contribution is -2.31. The van der Waals surface area contributed by atoms with E-state index in [1.54, 1.807) is 60.7 Å². The van der Waals surface area contributed by atoms with Crippen LogP contribution in [0.1, 0.15) is 72.9 Å². The molecule has 3 aromatic rings. The zero-order valence-electron chi connectivity index (χ0n) is 25.9. The first-order valence-electron chi connectivity index (χ1n) is 15.3. The number of hydrogen-bond acceptors (Lipinski definition) is 11. The Balaban J connectivity index is 1.44. The summed E-state index contributed by atoms with van der Waals surface area (Å²) < 4.78 is 48.4. The first-order chi connectivity index (χ1) is 22.3. The second-order valence-electron chi connectivity index (χ2n) is 10.4. The fourth-order valence-electron chi connectivity index (χ4n) is 4.43. The number of nitrogens with one attached hydrogen (secondary N) is 1. The van der Waals surface area contributed by atoms with Crippen LogP contribution < -0.4 is 11.0 Å². The van der Waals surface area contributed by atoms with Crippen LogP contribution in [0.4, 0.5) is 5.82 Å². The molecule has 3 atom stereocenters. The normalized spacial score (nSPS) is 17.9. The molecule has 2 aromatic carbocycles. The predicted molar refractivity (Wildman–Crippen MR) is 168 cm³/mol. The zero-order chi connectivity index (χ0) is 32.8. The minimum absolute atomic E-state index is 0.0736. The molecule has 0 bridgehead atoms. The molecule has 1 fully saturated rings. The number of phosphoric acid groups is 1. The van der Waals surface area contributed by atoms with Gasteiger partial charge in [0.25, 0.3) is 5.91 Å². The van der Waals surface area contributed by atoms with Crippen LogP contribution in [0.15, 0.2) is 77.7 Å². The van der Waals surface area contributed by atoms with Crippen LogP contribution in [0.2, 0.25) is 0 Å². The van der Waals surface area contributed by atoms with Crippen LogP contribution in [0.25, 0.3) is 0 Å². The number of benzene rings is 2. The average molecular weight is 658 g/mol. The van der Waals surface area contributed by atoms with Gasteiger partial charge in [0, 0.05) is 18.2 Å². The van der Waals surface area contributed by atoms with Crippen LogP contribution in [0.5, 0.6) is 0 Å². The van der Waals surface area contributed by atoms with E-state index in [2.05, 4.69) is 10.3 Å². The largest absolute Gasteiger partial charge is 0.476 e. The highest BCUT2D eigenvalue weighted by atomic mass is 31.2. The Bertz CT molecular complexity index is 1490. The van der Waals surface area contributed by atoms with E-state index in [4.69, 9.17) is 27.8 Å². The molecule has 248 valence electrons. The van der Waals surface area contributed by atoms with Crippen molar-refractivity contribution in [3.05, 3.63) is 94.5 Å². The fourth-order valence-corrected chi connectivity index (χ4v) is 5.55. The average Bonchev–Trinajstić information content (AvgIpc) is 3.47. The molecule has 13 nitrogen and oxygen atoms in total. The molecule has 1 saturated heterocycles. The number of anilines is 1. The molecule has 1 aliphatic heterocycles. The summed E-state index contributed by atoms with van der Waals surface area (Å²) in [6, 6.07) is 18.5. The molecular weight excluding hydrogens is 617 g/mol. The Kier molecular flexibility index (Phi) is 13.6. The number of nitrogens with zero attached hydrogens (tertiary/aromatic N) is 2. The Morgan fingerprint density at radius 3 is 2.17 bits per heavy atom. The molecular formula is C32H40N3O10P. The van der Waals surface area contributed by atoms with Crippen molar-refractivity contribution < 1.29 is 41.9 Å². The topological polar surface area (TPSA) is 154 Å². The standard InChI is InChI=1S/C32H40N3O10P/c1-3-5-19-42-46(39,43-20-6-4-2)44-23-41-26-21-29(45-27(26)22-40-31(37)25-15-11-8-12-16-25)35-18-17-28(34-32(35)38)33-30(36)24-13-9-7-10-14-24/h7-18,26-27,29H,3-6,19-23H2,1-2H3,(H,33,34,36,38)/t26-,27+,29+/m0/s1. The van der Waals surface area contributed by atoms with Crippen LogP contribution in [0.3, 0.4) is 0 Å². The van der Waals surface area contributed by atoms with Gasteiger partial charge in [-0.1, -0.05) is 63.1 Å². The third-order valence-electron chi connectivity index (χ3n) is 6.97. The Labute approximate surface area is 267 Å². The molecule has 46 heavy (non-hydrogen) atoms. The molecule has 1 aliphatic rings. The summed E-state index contributed by atoms with van der Waals surface area (Å²) in [7, 11) is -3.90. The summed E-state index contributed by atoms with van der Waals surface area (Å²) in [5.74, 6) is -0.895. The summed E-state index contributed by atoms with van der Waals surface area (Å²) in [6.07, 6.45) is 2.22. The van der Waals surface area contributed by atoms with Crippen LogP contribution in [-0.2, 0) is 32.3 Å². The van der Waals surface area contributed by atoms with E-state index < -0.39 is 50.6 Å². The Morgan fingerprint density at radius 2 is 1.57 bits per heavy atom. The first-order valence-corrected chi connectivity index (χ1v) is 16.8. The van der Waals surface area contributed by atoms with Crippen molar-refractivity contribution in [3.8, 4) is 0 Å². The van der Waals surface area contributed by atoms with Gasteiger partial charge >= 0.3 is 19.5 Å². The van der Waals surface area contributed by atoms with Crippen molar-refractivity contribution in [2.45, 2.75) is 64.4 Å². The summed E-state index contributed by atoms with van der Waals surface area (Å²) in [5, 5.41) is 2.61. The summed E-state index contributed by atoms with van der Waals surface area (Å²) >= 11 is 0. The first kappa shape index (κ1) is 35.1. The van der Waals surface area contributed by atoms with Gasteiger partial charge in [0.15, 0.2) is 6.79 Å². The quantitative estimate of drug-likeness (QED) is 0.0771. The van der Waals surface area contributed by atoms with Crippen molar-refractivity contribution in [3.63, 3.8) is 0 Å². The zero-order valence-corrected chi connectivity index (χ0v) is 26.8. The van der Waals surface area contributed by atoms with Crippen molar-refractivity contribution in [1.82, 2.24) is 9.55 Å². The van der Waals surface area contributed by atoms with E-state index in [0.29, 0.717) is 24.0 Å². The minimum atomic E-state index is -3.90. The van der Waals surface area contributed by atoms with Gasteiger partial charge in [-0.15, -0.1) is 0 Å². The van der Waals surface area contributed by atoms with E-state index in [-0.39, 0.29) is 32.1 Å². The molecule has 2 heterocycles. The molecule has 4 rings (SSSR count). The summed E-state index contributed by atoms with van der Waals surface area (Å²) in [4.78, 5) is 42.1. The number of amides is 1. The molecule has 1 amide bonds. The van der Waals surface area contributed by atoms with E-state index in [1.807, 2.05) is 13.8 Å². The van der Waals surface area contributed by atoms with Crippen molar-refractivity contribution in [2.75, 3.05) is 31.9 Å². The summed E-state index contributed by atoms with van der Waals surface area (Å²) in [6.45, 7) is 3.70. The van der Waals surface area contributed by atoms with Crippen LogP contribution >= 0.6 is 7.82 Å². The van der Waals surface area contributed by atoms with Gasteiger partial charge in [0.2, 0.25) is 0 Å². The molecule has 0 spiro atoms. The van der Waals surface area contributed by atoms with Crippen molar-refractivity contribution in [2.24, 2.45) is 0 Å². The van der Waals surface area contributed by atoms with Gasteiger partial charge < -0.3 is 19.5 Å². The van der Waals surface area contributed by atoms with E-state index in [9.17, 15) is 18.9 Å². The maximum Gasteiger partial charge on any atom is 0.476 e. The molecule has 0 unspecified atom stereocenters. The number of rotatable bonds is 18. The SMILES string of the molecule is CCCCOP(=O)(OCCCC)OCO[C@H]1C[C@H](n2ccc(NC(=O)c3ccccc3)nc2=O)O[C@@H]1COC(=O)c1ccccc1. The Hall–Kier alpha value is -3.71. The molecule has 1 aromatic heterocycles. The Morgan fingerprint density at radius 1 is 0.935 bits per heavy atom. The van der Waals surface area contributed by atoms with Gasteiger partial charge in [-0.3, -0.25) is 22.9 Å². The van der Waals surface area contributed by atoms with Crippen molar-refractivity contribution >= 4 is 25.5 Å². The third kappa shape index (κ3) is 10.4. The number of carbonyl (C=O) groups is 2. The molecule has 1 N–H and O–H groups in total. The van der Waals surface area contributed by atoms with E-state index in [0.717, 1.165) is 12.8 Å². The number of hydrogen-bond donors (Lipinski definition) is 1. The van der Waals surface area contributed by atoms with Gasteiger partial charge in [0.05, 0.1) is 24.9 Å². The van der Waals surface area contributed by atoms with Gasteiger partial charge in [-0.25, -0.2) is 14.2 Å². The number of carbonyl (C=O) groups excluding carboxylic acids is 2. The fraction of sp³-hybridized carbons (Fsp3) is 0.438. The maximum absolute atomic E-state index is 13.2. The number of phosphoric ester groups is 1. The van der Waals surface area contributed by atoms with Crippen LogP contribution in [-0.4, -0.2) is 60.2 Å². The lowest BCUT2D eigenvalue weighted by molar-refractivity contribution is -0.0987. The lowest BCUT2D eigenvalue weighted by Gasteiger charge is -2.21. The number of aromatic nitrogens is 2. The lowest BCUT2D eigenvalue weighted by atomic mass is 10.2. The second-order valence-corrected chi connectivity index (χ2v) is 12.1. The number of unbranched alkanes of at least 4 members (excludes halogenated alkanes) is 2. The number of esters is 1. The highest BCUT2D eigenvalue weighted by Crippen LogP contribution is 2.50.